The van der Waals surface area contributed by atoms with E-state index in [1.807, 2.05) is 19.9 Å². The van der Waals surface area contributed by atoms with Gasteiger partial charge >= 0.3 is 11.6 Å². The number of benzene rings is 2. The monoisotopic (exact) mass is 368 g/mol. The van der Waals surface area contributed by atoms with Gasteiger partial charge in [0.2, 0.25) is 0 Å². The summed E-state index contributed by atoms with van der Waals surface area (Å²) in [5.74, 6) is -0.743. The van der Waals surface area contributed by atoms with Gasteiger partial charge in [0.15, 0.2) is 0 Å². The Morgan fingerprint density at radius 2 is 1.96 bits per heavy atom. The van der Waals surface area contributed by atoms with E-state index in [9.17, 15) is 19.7 Å². The number of ether oxygens (including phenoxy) is 1. The Morgan fingerprint density at radius 1 is 1.22 bits per heavy atom. The average Bonchev–Trinajstić information content (AvgIpc) is 2.62. The summed E-state index contributed by atoms with van der Waals surface area (Å²) in [5, 5.41) is 11.4. The van der Waals surface area contributed by atoms with Gasteiger partial charge in [-0.15, -0.1) is 0 Å². The number of nitrogens with zero attached hydrogens (tertiary/aromatic N) is 1. The van der Waals surface area contributed by atoms with E-state index in [0.29, 0.717) is 16.5 Å². The number of non-ortho nitro benzene ring substituents is 1. The molecule has 3 rings (SSSR count). The van der Waals surface area contributed by atoms with Crippen molar-refractivity contribution in [3.8, 4) is 0 Å². The zero-order valence-corrected chi connectivity index (χ0v) is 14.6. The topological polar surface area (TPSA) is 126 Å². The summed E-state index contributed by atoms with van der Waals surface area (Å²) in [5.41, 5.74) is 7.65. The van der Waals surface area contributed by atoms with Gasteiger partial charge in [-0.2, -0.15) is 0 Å². The number of carbonyl (C=O) groups is 1. The van der Waals surface area contributed by atoms with E-state index < -0.39 is 16.5 Å². The number of esters is 1. The Morgan fingerprint density at radius 3 is 2.63 bits per heavy atom. The molecule has 0 aliphatic rings. The third-order valence-electron chi connectivity index (χ3n) is 4.34. The van der Waals surface area contributed by atoms with Gasteiger partial charge in [-0.05, 0) is 31.0 Å². The smallest absolute Gasteiger partial charge is 0.340 e. The third-order valence-corrected chi connectivity index (χ3v) is 4.34. The Hall–Kier alpha value is -3.68. The van der Waals surface area contributed by atoms with Gasteiger partial charge in [-0.25, -0.2) is 9.59 Å². The highest BCUT2D eigenvalue weighted by atomic mass is 16.6. The van der Waals surface area contributed by atoms with Crippen molar-refractivity contribution in [2.75, 3.05) is 5.73 Å². The molecule has 27 heavy (non-hydrogen) atoms. The molecule has 0 amide bonds. The molecule has 0 unspecified atom stereocenters. The maximum atomic E-state index is 12.3. The summed E-state index contributed by atoms with van der Waals surface area (Å²) in [7, 11) is 0. The molecule has 0 spiro atoms. The van der Waals surface area contributed by atoms with Crippen molar-refractivity contribution in [3.63, 3.8) is 0 Å². The van der Waals surface area contributed by atoms with Crippen LogP contribution < -0.4 is 11.4 Å². The molecule has 8 heteroatoms. The van der Waals surface area contributed by atoms with Gasteiger partial charge in [0, 0.05) is 29.1 Å². The lowest BCUT2D eigenvalue weighted by Crippen LogP contribution is -2.10. The minimum atomic E-state index is -0.743. The summed E-state index contributed by atoms with van der Waals surface area (Å²) in [6, 6.07) is 8.45. The van der Waals surface area contributed by atoms with Gasteiger partial charge in [0.25, 0.3) is 5.69 Å². The van der Waals surface area contributed by atoms with E-state index in [-0.39, 0.29) is 23.5 Å². The van der Waals surface area contributed by atoms with E-state index in [1.54, 1.807) is 6.07 Å². The van der Waals surface area contributed by atoms with Crippen molar-refractivity contribution in [2.45, 2.75) is 20.5 Å². The van der Waals surface area contributed by atoms with Crippen LogP contribution in [0, 0.1) is 24.0 Å². The predicted molar refractivity (Wildman–Crippen MR) is 98.6 cm³/mol. The average molecular weight is 368 g/mol. The number of fused-ring (bicyclic) bond motifs is 1. The number of nitro groups is 1. The molecule has 0 aliphatic carbocycles. The molecule has 0 atom stereocenters. The number of anilines is 1. The SMILES string of the molecule is Cc1ccc2c(COC(=O)c3ccc([N+](=O)[O-])cc3N)cc(=O)oc2c1C. The molecule has 8 nitrogen and oxygen atoms in total. The highest BCUT2D eigenvalue weighted by molar-refractivity contribution is 5.95. The second-order valence-corrected chi connectivity index (χ2v) is 6.08. The van der Waals surface area contributed by atoms with Crippen LogP contribution >= 0.6 is 0 Å². The first-order valence-corrected chi connectivity index (χ1v) is 8.02. The molecule has 0 fully saturated rings. The number of carbonyl (C=O) groups excluding carboxylic acids is 1. The van der Waals surface area contributed by atoms with E-state index in [4.69, 9.17) is 14.9 Å². The predicted octanol–water partition coefficient (Wildman–Crippen LogP) is 3.26. The van der Waals surface area contributed by atoms with Crippen molar-refractivity contribution in [1.82, 2.24) is 0 Å². The highest BCUT2D eigenvalue weighted by Gasteiger charge is 2.17. The first kappa shape index (κ1) is 18.1. The normalized spacial score (nSPS) is 10.7. The van der Waals surface area contributed by atoms with Crippen LogP contribution in [0.15, 0.2) is 45.6 Å². The fourth-order valence-electron chi connectivity index (χ4n) is 2.71. The summed E-state index contributed by atoms with van der Waals surface area (Å²) in [6.45, 7) is 3.58. The van der Waals surface area contributed by atoms with E-state index in [1.165, 1.54) is 18.2 Å². The van der Waals surface area contributed by atoms with Gasteiger partial charge in [-0.3, -0.25) is 10.1 Å². The molecule has 0 bridgehead atoms. The van der Waals surface area contributed by atoms with Gasteiger partial charge in [0.05, 0.1) is 16.2 Å². The van der Waals surface area contributed by atoms with Crippen molar-refractivity contribution in [1.29, 1.82) is 0 Å². The molecule has 0 radical (unpaired) electrons. The molecule has 138 valence electrons. The van der Waals surface area contributed by atoms with Crippen molar-refractivity contribution in [3.05, 3.63) is 79.2 Å². The molecule has 1 aromatic heterocycles. The number of nitrogens with two attached hydrogens (primary N) is 1. The lowest BCUT2D eigenvalue weighted by molar-refractivity contribution is -0.384. The second-order valence-electron chi connectivity index (χ2n) is 6.08. The molecule has 3 aromatic rings. The molecular weight excluding hydrogens is 352 g/mol. The molecule has 0 saturated carbocycles. The number of nitrogen functional groups attached to an aromatic ring is 1. The summed E-state index contributed by atoms with van der Waals surface area (Å²) in [6.07, 6.45) is 0. The maximum Gasteiger partial charge on any atom is 0.340 e. The summed E-state index contributed by atoms with van der Waals surface area (Å²) >= 11 is 0. The van der Waals surface area contributed by atoms with Crippen LogP contribution in [-0.2, 0) is 11.3 Å². The Bertz CT molecular complexity index is 1130. The van der Waals surface area contributed by atoms with Crippen LogP contribution in [0.4, 0.5) is 11.4 Å². The van der Waals surface area contributed by atoms with E-state index >= 15 is 0 Å². The minimum Gasteiger partial charge on any atom is -0.457 e. The molecular formula is C19H16N2O6. The zero-order chi connectivity index (χ0) is 19.7. The van der Waals surface area contributed by atoms with Crippen LogP contribution in [0.25, 0.3) is 11.0 Å². The zero-order valence-electron chi connectivity index (χ0n) is 14.6. The van der Waals surface area contributed by atoms with Crippen LogP contribution in [0.2, 0.25) is 0 Å². The summed E-state index contributed by atoms with van der Waals surface area (Å²) < 4.78 is 10.5. The first-order valence-electron chi connectivity index (χ1n) is 8.02. The van der Waals surface area contributed by atoms with E-state index in [0.717, 1.165) is 17.2 Å². The highest BCUT2D eigenvalue weighted by Crippen LogP contribution is 2.25. The molecule has 1 heterocycles. The van der Waals surface area contributed by atoms with Crippen LogP contribution in [0.5, 0.6) is 0 Å². The number of hydrogen-bond acceptors (Lipinski definition) is 7. The molecule has 0 saturated heterocycles. The molecule has 2 N–H and O–H groups in total. The fraction of sp³-hybridized carbons (Fsp3) is 0.158. The number of nitro benzene ring substituents is 1. The van der Waals surface area contributed by atoms with Crippen LogP contribution in [0.3, 0.4) is 0 Å². The third kappa shape index (κ3) is 3.50. The quantitative estimate of drug-likeness (QED) is 0.246. The number of rotatable bonds is 4. The maximum absolute atomic E-state index is 12.3. The minimum absolute atomic E-state index is 0.0138. The van der Waals surface area contributed by atoms with E-state index in [2.05, 4.69) is 0 Å². The van der Waals surface area contributed by atoms with Crippen molar-refractivity contribution in [2.24, 2.45) is 0 Å². The Labute approximate surface area is 153 Å². The fourth-order valence-corrected chi connectivity index (χ4v) is 2.71. The lowest BCUT2D eigenvalue weighted by atomic mass is 10.0. The van der Waals surface area contributed by atoms with Gasteiger partial charge in [-0.1, -0.05) is 12.1 Å². The Kier molecular flexibility index (Phi) is 4.64. The second kappa shape index (κ2) is 6.91. The molecule has 0 aliphatic heterocycles. The standard InChI is InChI=1S/C19H16N2O6/c1-10-3-5-14-12(7-17(22)27-18(14)11(10)2)9-26-19(23)15-6-4-13(21(24)25)8-16(15)20/h3-8H,9,20H2,1-2H3. The summed E-state index contributed by atoms with van der Waals surface area (Å²) in [4.78, 5) is 34.3. The Balaban J connectivity index is 1.89. The number of aryl methyl sites for hydroxylation is 2. The van der Waals surface area contributed by atoms with Crippen LogP contribution in [-0.4, -0.2) is 10.9 Å². The number of hydrogen-bond donors (Lipinski definition) is 1. The van der Waals surface area contributed by atoms with Crippen LogP contribution in [0.1, 0.15) is 27.0 Å². The van der Waals surface area contributed by atoms with Crippen molar-refractivity contribution < 1.29 is 18.9 Å². The van der Waals surface area contributed by atoms with Crippen molar-refractivity contribution >= 4 is 28.3 Å². The van der Waals surface area contributed by atoms with Gasteiger partial charge < -0.3 is 14.9 Å². The largest absolute Gasteiger partial charge is 0.457 e. The first-order chi connectivity index (χ1) is 12.8. The van der Waals surface area contributed by atoms with Gasteiger partial charge in [0.1, 0.15) is 12.2 Å². The lowest BCUT2D eigenvalue weighted by Gasteiger charge is -2.10. The molecule has 2 aromatic carbocycles.